The highest BCUT2D eigenvalue weighted by molar-refractivity contribution is 9.09. The minimum atomic E-state index is -0.118. The summed E-state index contributed by atoms with van der Waals surface area (Å²) in [5.74, 6) is 1.62. The van der Waals surface area contributed by atoms with Gasteiger partial charge >= 0.3 is 0 Å². The Kier molecular flexibility index (Phi) is 6.85. The average Bonchev–Trinajstić information content (AvgIpc) is 2.45. The molecule has 0 fully saturated rings. The van der Waals surface area contributed by atoms with E-state index in [9.17, 15) is 4.79 Å². The van der Waals surface area contributed by atoms with Gasteiger partial charge in [-0.15, -0.1) is 0 Å². The largest absolute Gasteiger partial charge is 0.497 e. The van der Waals surface area contributed by atoms with E-state index < -0.39 is 0 Å². The van der Waals surface area contributed by atoms with Crippen LogP contribution in [0.3, 0.4) is 0 Å². The third-order valence-electron chi connectivity index (χ3n) is 2.89. The highest BCUT2D eigenvalue weighted by Crippen LogP contribution is 2.22. The van der Waals surface area contributed by atoms with Gasteiger partial charge < -0.3 is 14.8 Å². The van der Waals surface area contributed by atoms with Gasteiger partial charge in [-0.25, -0.2) is 0 Å². The molecule has 1 amide bonds. The van der Waals surface area contributed by atoms with Crippen LogP contribution >= 0.6 is 15.9 Å². The van der Waals surface area contributed by atoms with E-state index in [1.807, 2.05) is 0 Å². The van der Waals surface area contributed by atoms with E-state index in [0.717, 1.165) is 11.8 Å². The van der Waals surface area contributed by atoms with Crippen molar-refractivity contribution in [2.75, 3.05) is 19.5 Å². The number of rotatable bonds is 7. The summed E-state index contributed by atoms with van der Waals surface area (Å²) in [6.07, 6.45) is 0.929. The summed E-state index contributed by atoms with van der Waals surface area (Å²) in [6, 6.07) is 5.27. The number of hydrogen-bond donors (Lipinski definition) is 1. The summed E-state index contributed by atoms with van der Waals surface area (Å²) in [7, 11) is 3.13. The number of ether oxygens (including phenoxy) is 2. The van der Waals surface area contributed by atoms with Crippen molar-refractivity contribution in [3.05, 3.63) is 23.8 Å². The maximum absolute atomic E-state index is 12.3. The molecule has 0 saturated heterocycles. The maximum Gasteiger partial charge on any atom is 0.251 e. The molecule has 0 heterocycles. The molecule has 0 aliphatic heterocycles. The normalized spacial score (nSPS) is 12.1. The van der Waals surface area contributed by atoms with Crippen molar-refractivity contribution in [1.82, 2.24) is 5.32 Å². The number of hydrogen-bond acceptors (Lipinski definition) is 3. The van der Waals surface area contributed by atoms with Gasteiger partial charge in [0.05, 0.1) is 14.2 Å². The third kappa shape index (κ3) is 5.04. The van der Waals surface area contributed by atoms with Crippen LogP contribution in [-0.4, -0.2) is 31.5 Å². The molecule has 20 heavy (non-hydrogen) atoms. The first-order valence-corrected chi connectivity index (χ1v) is 7.72. The second-order valence-electron chi connectivity index (χ2n) is 5.06. The zero-order valence-corrected chi connectivity index (χ0v) is 14.0. The molecule has 1 atom stereocenters. The second-order valence-corrected chi connectivity index (χ2v) is 5.70. The van der Waals surface area contributed by atoms with E-state index in [4.69, 9.17) is 9.47 Å². The quantitative estimate of drug-likeness (QED) is 0.773. The van der Waals surface area contributed by atoms with Crippen molar-refractivity contribution < 1.29 is 14.3 Å². The molecule has 0 bridgehead atoms. The number of amides is 1. The van der Waals surface area contributed by atoms with Crippen LogP contribution in [0.1, 0.15) is 30.6 Å². The van der Waals surface area contributed by atoms with Crippen LogP contribution in [-0.2, 0) is 0 Å². The van der Waals surface area contributed by atoms with Gasteiger partial charge in [0.25, 0.3) is 5.91 Å². The Morgan fingerprint density at radius 1 is 1.20 bits per heavy atom. The minimum Gasteiger partial charge on any atom is -0.497 e. The van der Waals surface area contributed by atoms with Crippen LogP contribution in [0.5, 0.6) is 11.5 Å². The first-order valence-electron chi connectivity index (χ1n) is 6.60. The molecule has 0 radical (unpaired) electrons. The number of nitrogens with one attached hydrogen (secondary N) is 1. The Morgan fingerprint density at radius 3 is 2.15 bits per heavy atom. The van der Waals surface area contributed by atoms with Crippen molar-refractivity contribution in [3.8, 4) is 11.5 Å². The van der Waals surface area contributed by atoms with Gasteiger partial charge in [-0.3, -0.25) is 4.79 Å². The Balaban J connectivity index is 2.85. The zero-order chi connectivity index (χ0) is 15.1. The van der Waals surface area contributed by atoms with Crippen LogP contribution in [0.4, 0.5) is 0 Å². The van der Waals surface area contributed by atoms with Crippen LogP contribution in [0, 0.1) is 5.92 Å². The van der Waals surface area contributed by atoms with Crippen molar-refractivity contribution in [3.63, 3.8) is 0 Å². The Hall–Kier alpha value is -1.23. The zero-order valence-electron chi connectivity index (χ0n) is 12.4. The van der Waals surface area contributed by atoms with Crippen LogP contribution < -0.4 is 14.8 Å². The SMILES string of the molecule is COc1cc(OC)cc(C(=O)NC(CBr)CC(C)C)c1. The summed E-state index contributed by atoms with van der Waals surface area (Å²) in [5, 5.41) is 3.75. The van der Waals surface area contributed by atoms with Gasteiger partial charge in [0.1, 0.15) is 11.5 Å². The van der Waals surface area contributed by atoms with Gasteiger partial charge in [0, 0.05) is 23.0 Å². The Morgan fingerprint density at radius 2 is 1.75 bits per heavy atom. The molecule has 0 aliphatic rings. The molecule has 5 heteroatoms. The van der Waals surface area contributed by atoms with Crippen molar-refractivity contribution in [2.45, 2.75) is 26.3 Å². The smallest absolute Gasteiger partial charge is 0.251 e. The van der Waals surface area contributed by atoms with Gasteiger partial charge in [-0.1, -0.05) is 29.8 Å². The number of benzene rings is 1. The van der Waals surface area contributed by atoms with Crippen LogP contribution in [0.25, 0.3) is 0 Å². The van der Waals surface area contributed by atoms with Crippen molar-refractivity contribution >= 4 is 21.8 Å². The average molecular weight is 344 g/mol. The Labute approximate surface area is 129 Å². The second kappa shape index (κ2) is 8.15. The number of methoxy groups -OCH3 is 2. The molecule has 0 spiro atoms. The number of alkyl halides is 1. The lowest BCUT2D eigenvalue weighted by molar-refractivity contribution is 0.0936. The fourth-order valence-corrected chi connectivity index (χ4v) is 2.36. The van der Waals surface area contributed by atoms with Gasteiger partial charge in [0.2, 0.25) is 0 Å². The van der Waals surface area contributed by atoms with Gasteiger partial charge in [-0.2, -0.15) is 0 Å². The topological polar surface area (TPSA) is 47.6 Å². The number of carbonyl (C=O) groups is 1. The summed E-state index contributed by atoms with van der Waals surface area (Å²) < 4.78 is 10.3. The summed E-state index contributed by atoms with van der Waals surface area (Å²) in [4.78, 5) is 12.3. The highest BCUT2D eigenvalue weighted by Gasteiger charge is 2.15. The monoisotopic (exact) mass is 343 g/mol. The summed E-state index contributed by atoms with van der Waals surface area (Å²) in [5.41, 5.74) is 0.538. The van der Waals surface area contributed by atoms with Crippen LogP contribution in [0.15, 0.2) is 18.2 Å². The molecule has 1 N–H and O–H groups in total. The lowest BCUT2D eigenvalue weighted by Crippen LogP contribution is -2.37. The first-order chi connectivity index (χ1) is 9.49. The summed E-state index contributed by atoms with van der Waals surface area (Å²) in [6.45, 7) is 4.27. The van der Waals surface area contributed by atoms with Gasteiger partial charge in [-0.05, 0) is 24.5 Å². The van der Waals surface area contributed by atoms with Crippen LogP contribution in [0.2, 0.25) is 0 Å². The van der Waals surface area contributed by atoms with Crippen molar-refractivity contribution in [2.24, 2.45) is 5.92 Å². The molecule has 1 aromatic rings. The molecule has 1 rings (SSSR count). The standard InChI is InChI=1S/C15H22BrNO3/c1-10(2)5-12(9-16)17-15(18)11-6-13(19-3)8-14(7-11)20-4/h6-8,10,12H,5,9H2,1-4H3,(H,17,18). The fourth-order valence-electron chi connectivity index (χ4n) is 1.94. The molecule has 0 aliphatic carbocycles. The summed E-state index contributed by atoms with van der Waals surface area (Å²) >= 11 is 3.44. The molecule has 112 valence electrons. The van der Waals surface area contributed by atoms with Gasteiger partial charge in [0.15, 0.2) is 0 Å². The first kappa shape index (κ1) is 16.8. The van der Waals surface area contributed by atoms with Crippen molar-refractivity contribution in [1.29, 1.82) is 0 Å². The molecule has 1 unspecified atom stereocenters. The molecule has 0 saturated carbocycles. The number of carbonyl (C=O) groups excluding carboxylic acids is 1. The molecule has 0 aromatic heterocycles. The molecule has 4 nitrogen and oxygen atoms in total. The maximum atomic E-state index is 12.3. The number of halogens is 1. The fraction of sp³-hybridized carbons (Fsp3) is 0.533. The third-order valence-corrected chi connectivity index (χ3v) is 3.67. The Bertz CT molecular complexity index is 426. The van der Waals surface area contributed by atoms with E-state index >= 15 is 0 Å². The minimum absolute atomic E-state index is 0.111. The van der Waals surface area contributed by atoms with E-state index in [-0.39, 0.29) is 11.9 Å². The van der Waals surface area contributed by atoms with E-state index in [0.29, 0.717) is 23.0 Å². The molecule has 1 aromatic carbocycles. The van der Waals surface area contributed by atoms with E-state index in [2.05, 4.69) is 35.1 Å². The highest BCUT2D eigenvalue weighted by atomic mass is 79.9. The van der Waals surface area contributed by atoms with E-state index in [1.54, 1.807) is 32.4 Å². The van der Waals surface area contributed by atoms with E-state index in [1.165, 1.54) is 0 Å². The lowest BCUT2D eigenvalue weighted by atomic mass is 10.0. The molecular formula is C15H22BrNO3. The lowest BCUT2D eigenvalue weighted by Gasteiger charge is -2.18. The molecular weight excluding hydrogens is 322 g/mol. The predicted octanol–water partition coefficient (Wildman–Crippen LogP) is 3.24. The predicted molar refractivity (Wildman–Crippen MR) is 84.0 cm³/mol.